The molecule has 4 aromatic carbocycles. The maximum absolute atomic E-state index is 13.1. The molecule has 10 nitrogen and oxygen atoms in total. The first-order valence-electron chi connectivity index (χ1n) is 12.2. The second-order valence-corrected chi connectivity index (χ2v) is 11.0. The Morgan fingerprint density at radius 2 is 1.37 bits per heavy atom. The number of halogens is 1. The van der Waals surface area contributed by atoms with Gasteiger partial charge in [0.05, 0.1) is 27.5 Å². The van der Waals surface area contributed by atoms with Crippen LogP contribution in [0, 0.1) is 0 Å². The van der Waals surface area contributed by atoms with E-state index in [9.17, 15) is 22.8 Å². The van der Waals surface area contributed by atoms with Crippen LogP contribution in [0.3, 0.4) is 0 Å². The molecule has 5 aromatic rings. The molecule has 0 unspecified atom stereocenters. The molecule has 1 heterocycles. The Bertz CT molecular complexity index is 1930. The molecule has 0 aliphatic heterocycles. The van der Waals surface area contributed by atoms with Crippen LogP contribution in [0.25, 0.3) is 10.8 Å². The second kappa shape index (κ2) is 11.6. The lowest BCUT2D eigenvalue weighted by molar-refractivity contribution is 0.0843. The van der Waals surface area contributed by atoms with Crippen LogP contribution in [0.15, 0.2) is 113 Å². The van der Waals surface area contributed by atoms with Gasteiger partial charge in [-0.2, -0.15) is 5.10 Å². The number of nitrogens with zero attached hydrogens (tertiary/aromatic N) is 2. The Morgan fingerprint density at radius 3 is 2.07 bits per heavy atom. The van der Waals surface area contributed by atoms with Gasteiger partial charge in [0.15, 0.2) is 5.69 Å². The molecular weight excluding hydrogens is 566 g/mol. The molecule has 0 aliphatic carbocycles. The second-order valence-electron chi connectivity index (χ2n) is 8.86. The van der Waals surface area contributed by atoms with E-state index < -0.39 is 21.8 Å². The Kier molecular flexibility index (Phi) is 7.81. The highest BCUT2D eigenvalue weighted by Gasteiger charge is 2.19. The van der Waals surface area contributed by atoms with Gasteiger partial charge in [0.1, 0.15) is 0 Å². The van der Waals surface area contributed by atoms with Gasteiger partial charge in [0, 0.05) is 10.9 Å². The van der Waals surface area contributed by atoms with Crippen LogP contribution in [0.4, 0.5) is 5.69 Å². The Balaban J connectivity index is 1.31. The fourth-order valence-corrected chi connectivity index (χ4v) is 5.36. The summed E-state index contributed by atoms with van der Waals surface area (Å²) in [4.78, 5) is 38.7. The van der Waals surface area contributed by atoms with Crippen LogP contribution in [-0.4, -0.2) is 30.0 Å². The topological polar surface area (TPSA) is 139 Å². The molecule has 0 aliphatic rings. The summed E-state index contributed by atoms with van der Waals surface area (Å²) in [5.74, 6) is -1.43. The summed E-state index contributed by atoms with van der Waals surface area (Å²) >= 11 is 6.04. The predicted molar refractivity (Wildman–Crippen MR) is 155 cm³/mol. The quantitative estimate of drug-likeness (QED) is 0.246. The van der Waals surface area contributed by atoms with Crippen molar-refractivity contribution >= 4 is 49.9 Å². The SMILES string of the molecule is O=C(NNC(=O)c1nn(Cc2ccccc2)c(=O)c2ccccc12)c1ccc(S(=O)(=O)Nc2ccccc2Cl)cc1. The molecule has 41 heavy (non-hydrogen) atoms. The average molecular weight is 588 g/mol. The highest BCUT2D eigenvalue weighted by atomic mass is 35.5. The number of amides is 2. The molecule has 0 bridgehead atoms. The number of sulfonamides is 1. The van der Waals surface area contributed by atoms with Crippen molar-refractivity contribution in [2.45, 2.75) is 11.4 Å². The first kappa shape index (κ1) is 27.6. The van der Waals surface area contributed by atoms with Crippen molar-refractivity contribution in [3.63, 3.8) is 0 Å². The van der Waals surface area contributed by atoms with Crippen LogP contribution < -0.4 is 21.1 Å². The van der Waals surface area contributed by atoms with E-state index in [-0.39, 0.29) is 39.0 Å². The summed E-state index contributed by atoms with van der Waals surface area (Å²) in [5.41, 5.74) is 5.35. The van der Waals surface area contributed by atoms with Crippen LogP contribution in [0.5, 0.6) is 0 Å². The van der Waals surface area contributed by atoms with E-state index >= 15 is 0 Å². The van der Waals surface area contributed by atoms with Gasteiger partial charge < -0.3 is 0 Å². The summed E-state index contributed by atoms with van der Waals surface area (Å²) in [5, 5.41) is 5.15. The summed E-state index contributed by atoms with van der Waals surface area (Å²) in [6, 6.07) is 27.3. The van der Waals surface area contributed by atoms with Crippen molar-refractivity contribution in [3.05, 3.63) is 135 Å². The van der Waals surface area contributed by atoms with E-state index in [1.807, 2.05) is 30.3 Å². The molecule has 1 aromatic heterocycles. The zero-order chi connectivity index (χ0) is 29.0. The Labute approximate surface area is 239 Å². The maximum atomic E-state index is 13.1. The maximum Gasteiger partial charge on any atom is 0.290 e. The third-order valence-electron chi connectivity index (χ3n) is 6.09. The number of anilines is 1. The monoisotopic (exact) mass is 587 g/mol. The van der Waals surface area contributed by atoms with Gasteiger partial charge in [-0.1, -0.05) is 72.3 Å². The molecule has 5 rings (SSSR count). The standard InChI is InChI=1S/C29H22ClN5O5S/c30-24-12-6-7-13-25(24)34-41(39,40)21-16-14-20(15-17-21)27(36)31-32-28(37)26-22-10-4-5-11-23(22)29(38)35(33-26)18-19-8-2-1-3-9-19/h1-17,34H,18H2,(H,31,36)(H,32,37). The highest BCUT2D eigenvalue weighted by molar-refractivity contribution is 7.92. The third kappa shape index (κ3) is 6.11. The van der Waals surface area contributed by atoms with Crippen molar-refractivity contribution in [1.29, 1.82) is 0 Å². The number of hydrogen-bond donors (Lipinski definition) is 3. The number of para-hydroxylation sites is 1. The minimum absolute atomic E-state index is 0.0523. The van der Waals surface area contributed by atoms with Gasteiger partial charge >= 0.3 is 0 Å². The molecule has 206 valence electrons. The van der Waals surface area contributed by atoms with Crippen molar-refractivity contribution < 1.29 is 18.0 Å². The van der Waals surface area contributed by atoms with E-state index in [0.29, 0.717) is 10.8 Å². The smallest absolute Gasteiger partial charge is 0.278 e. The largest absolute Gasteiger partial charge is 0.290 e. The minimum Gasteiger partial charge on any atom is -0.278 e. The lowest BCUT2D eigenvalue weighted by atomic mass is 10.1. The normalized spacial score (nSPS) is 11.1. The van der Waals surface area contributed by atoms with Gasteiger partial charge in [0.25, 0.3) is 27.4 Å². The van der Waals surface area contributed by atoms with Gasteiger partial charge in [0.2, 0.25) is 0 Å². The number of aromatic nitrogens is 2. The fraction of sp³-hybridized carbons (Fsp3) is 0.0345. The molecular formula is C29H22ClN5O5S. The van der Waals surface area contributed by atoms with Crippen LogP contribution in [0.1, 0.15) is 26.4 Å². The van der Waals surface area contributed by atoms with E-state index in [1.165, 1.54) is 35.0 Å². The third-order valence-corrected chi connectivity index (χ3v) is 7.80. The summed E-state index contributed by atoms with van der Waals surface area (Å²) in [7, 11) is -3.96. The van der Waals surface area contributed by atoms with Crippen LogP contribution in [0.2, 0.25) is 5.02 Å². The van der Waals surface area contributed by atoms with E-state index in [2.05, 4.69) is 20.7 Å². The first-order chi connectivity index (χ1) is 19.7. The molecule has 2 amide bonds. The van der Waals surface area contributed by atoms with Crippen LogP contribution in [-0.2, 0) is 16.6 Å². The summed E-state index contributed by atoms with van der Waals surface area (Å²) < 4.78 is 29.0. The number of benzene rings is 4. The highest BCUT2D eigenvalue weighted by Crippen LogP contribution is 2.24. The lowest BCUT2D eigenvalue weighted by Gasteiger charge is -2.12. The number of carbonyl (C=O) groups excluding carboxylic acids is 2. The average Bonchev–Trinajstić information content (AvgIpc) is 2.99. The molecule has 12 heteroatoms. The molecule has 0 saturated heterocycles. The minimum atomic E-state index is -3.96. The molecule has 0 radical (unpaired) electrons. The number of rotatable bonds is 7. The Morgan fingerprint density at radius 1 is 0.756 bits per heavy atom. The first-order valence-corrected chi connectivity index (χ1v) is 14.1. The molecule has 0 saturated carbocycles. The molecule has 0 spiro atoms. The van der Waals surface area contributed by atoms with Gasteiger partial charge in [-0.3, -0.25) is 30.0 Å². The molecule has 3 N–H and O–H groups in total. The number of fused-ring (bicyclic) bond motifs is 1. The number of carbonyl (C=O) groups is 2. The van der Waals surface area contributed by atoms with Crippen molar-refractivity contribution in [3.8, 4) is 0 Å². The van der Waals surface area contributed by atoms with E-state index in [1.54, 1.807) is 42.5 Å². The fourth-order valence-electron chi connectivity index (χ4n) is 4.04. The van der Waals surface area contributed by atoms with Crippen molar-refractivity contribution in [2.75, 3.05) is 4.72 Å². The van der Waals surface area contributed by atoms with Crippen molar-refractivity contribution in [1.82, 2.24) is 20.6 Å². The van der Waals surface area contributed by atoms with Gasteiger partial charge in [-0.25, -0.2) is 13.1 Å². The number of hydrogen-bond acceptors (Lipinski definition) is 6. The molecule has 0 fully saturated rings. The predicted octanol–water partition coefficient (Wildman–Crippen LogP) is 3.97. The summed E-state index contributed by atoms with van der Waals surface area (Å²) in [6.07, 6.45) is 0. The van der Waals surface area contributed by atoms with Crippen molar-refractivity contribution in [2.24, 2.45) is 0 Å². The van der Waals surface area contributed by atoms with E-state index in [4.69, 9.17) is 11.6 Å². The zero-order valence-corrected chi connectivity index (χ0v) is 22.8. The van der Waals surface area contributed by atoms with E-state index in [0.717, 1.165) is 5.56 Å². The lowest BCUT2D eigenvalue weighted by Crippen LogP contribution is -2.42. The number of nitrogens with one attached hydrogen (secondary N) is 3. The zero-order valence-electron chi connectivity index (χ0n) is 21.2. The van der Waals surface area contributed by atoms with Gasteiger partial charge in [-0.05, 0) is 48.0 Å². The molecule has 0 atom stereocenters. The van der Waals surface area contributed by atoms with Gasteiger partial charge in [-0.15, -0.1) is 0 Å². The summed E-state index contributed by atoms with van der Waals surface area (Å²) in [6.45, 7) is 0.151. The Hall–Kier alpha value is -5.00. The number of hydrazine groups is 1. The van der Waals surface area contributed by atoms with Crippen LogP contribution >= 0.6 is 11.6 Å².